The smallest absolute Gasteiger partial charge is 0.410 e. The van der Waals surface area contributed by atoms with Crippen LogP contribution in [0.3, 0.4) is 0 Å². The standard InChI is InChI=1S/C17H25F2N3O3/c1-16(2,3)25-15(24)21-7-5-13-12(9-21)14-17(18,19)6-4-11(10-23)8-22(14)20-13/h11,23H,4-10H2,1-3H3/t11-/m0/s1. The van der Waals surface area contributed by atoms with Crippen LogP contribution in [0.4, 0.5) is 13.6 Å². The van der Waals surface area contributed by atoms with E-state index in [4.69, 9.17) is 4.74 Å². The third-order valence-electron chi connectivity index (χ3n) is 4.66. The zero-order valence-corrected chi connectivity index (χ0v) is 14.9. The summed E-state index contributed by atoms with van der Waals surface area (Å²) < 4.78 is 36.1. The molecular formula is C17H25F2N3O3. The maximum Gasteiger partial charge on any atom is 0.410 e. The van der Waals surface area contributed by atoms with Crippen molar-refractivity contribution in [1.82, 2.24) is 14.7 Å². The van der Waals surface area contributed by atoms with Gasteiger partial charge >= 0.3 is 6.09 Å². The molecule has 0 bridgehead atoms. The van der Waals surface area contributed by atoms with Gasteiger partial charge in [0, 0.05) is 44.0 Å². The number of hydrogen-bond donors (Lipinski definition) is 1. The predicted molar refractivity (Wildman–Crippen MR) is 86.3 cm³/mol. The number of carbonyl (C=O) groups is 1. The fourth-order valence-electron chi connectivity index (χ4n) is 3.44. The average molecular weight is 357 g/mol. The lowest BCUT2D eigenvalue weighted by molar-refractivity contribution is -0.0233. The van der Waals surface area contributed by atoms with Crippen LogP contribution in [0.2, 0.25) is 0 Å². The molecule has 1 N–H and O–H groups in total. The van der Waals surface area contributed by atoms with Gasteiger partial charge in [-0.15, -0.1) is 0 Å². The first-order valence-corrected chi connectivity index (χ1v) is 8.66. The summed E-state index contributed by atoms with van der Waals surface area (Å²) in [4.78, 5) is 13.8. The molecule has 1 amide bonds. The molecule has 0 unspecified atom stereocenters. The summed E-state index contributed by atoms with van der Waals surface area (Å²) in [6, 6.07) is 0. The van der Waals surface area contributed by atoms with Gasteiger partial charge in [-0.25, -0.2) is 4.79 Å². The SMILES string of the molecule is CC(C)(C)OC(=O)N1CCc2nn3c(c2C1)C(F)(F)CC[C@H](CO)C3. The molecule has 1 aromatic heterocycles. The van der Waals surface area contributed by atoms with Crippen molar-refractivity contribution in [3.8, 4) is 0 Å². The van der Waals surface area contributed by atoms with Crippen molar-refractivity contribution in [3.05, 3.63) is 17.0 Å². The van der Waals surface area contributed by atoms with Crippen LogP contribution in [-0.4, -0.2) is 44.6 Å². The molecule has 3 heterocycles. The van der Waals surface area contributed by atoms with Crippen molar-refractivity contribution in [1.29, 1.82) is 0 Å². The maximum absolute atomic E-state index is 14.7. The molecule has 0 saturated heterocycles. The molecule has 140 valence electrons. The Morgan fingerprint density at radius 1 is 1.44 bits per heavy atom. The zero-order chi connectivity index (χ0) is 18.4. The van der Waals surface area contributed by atoms with E-state index < -0.39 is 17.6 Å². The number of amides is 1. The number of aliphatic hydroxyl groups is 1. The molecule has 0 spiro atoms. The highest BCUT2D eigenvalue weighted by molar-refractivity contribution is 5.68. The number of aliphatic hydroxyl groups excluding tert-OH is 1. The molecule has 0 aliphatic carbocycles. The molecule has 1 atom stereocenters. The van der Waals surface area contributed by atoms with Gasteiger partial charge in [0.25, 0.3) is 5.92 Å². The first-order chi connectivity index (χ1) is 11.6. The normalized spacial score (nSPS) is 22.8. The van der Waals surface area contributed by atoms with E-state index in [1.165, 1.54) is 9.58 Å². The van der Waals surface area contributed by atoms with Gasteiger partial charge in [-0.1, -0.05) is 0 Å². The Bertz CT molecular complexity index is 667. The van der Waals surface area contributed by atoms with Crippen LogP contribution in [0.1, 0.15) is 50.6 Å². The Morgan fingerprint density at radius 2 is 2.16 bits per heavy atom. The van der Waals surface area contributed by atoms with E-state index in [1.54, 1.807) is 20.8 Å². The van der Waals surface area contributed by atoms with Crippen LogP contribution >= 0.6 is 0 Å². The first-order valence-electron chi connectivity index (χ1n) is 8.66. The lowest BCUT2D eigenvalue weighted by Gasteiger charge is -2.30. The molecule has 0 radical (unpaired) electrons. The molecule has 2 aliphatic rings. The van der Waals surface area contributed by atoms with E-state index >= 15 is 0 Å². The minimum atomic E-state index is -3.01. The highest BCUT2D eigenvalue weighted by atomic mass is 19.3. The van der Waals surface area contributed by atoms with Gasteiger partial charge in [-0.3, -0.25) is 4.68 Å². The number of hydrogen-bond acceptors (Lipinski definition) is 4. The summed E-state index contributed by atoms with van der Waals surface area (Å²) in [5, 5.41) is 13.7. The molecule has 3 rings (SSSR count). The third kappa shape index (κ3) is 3.63. The van der Waals surface area contributed by atoms with E-state index in [2.05, 4.69) is 5.10 Å². The number of fused-ring (bicyclic) bond motifs is 3. The van der Waals surface area contributed by atoms with E-state index in [9.17, 15) is 18.7 Å². The Kier molecular flexibility index (Phi) is 4.51. The number of nitrogens with zero attached hydrogens (tertiary/aromatic N) is 3. The molecule has 2 aliphatic heterocycles. The molecular weight excluding hydrogens is 332 g/mol. The van der Waals surface area contributed by atoms with Crippen LogP contribution in [0.25, 0.3) is 0 Å². The van der Waals surface area contributed by atoms with E-state index in [0.717, 1.165) is 0 Å². The molecule has 0 aromatic carbocycles. The molecule has 8 heteroatoms. The molecule has 25 heavy (non-hydrogen) atoms. The predicted octanol–water partition coefficient (Wildman–Crippen LogP) is 2.67. The molecule has 1 aromatic rings. The molecule has 6 nitrogen and oxygen atoms in total. The summed E-state index contributed by atoms with van der Waals surface area (Å²) in [7, 11) is 0. The van der Waals surface area contributed by atoms with Crippen molar-refractivity contribution >= 4 is 6.09 Å². The van der Waals surface area contributed by atoms with E-state index in [0.29, 0.717) is 24.2 Å². The van der Waals surface area contributed by atoms with Gasteiger partial charge in [-0.05, 0) is 27.2 Å². The second-order valence-electron chi connectivity index (χ2n) is 7.90. The van der Waals surface area contributed by atoms with Crippen molar-refractivity contribution in [3.63, 3.8) is 0 Å². The Morgan fingerprint density at radius 3 is 2.80 bits per heavy atom. The summed E-state index contributed by atoms with van der Waals surface area (Å²) >= 11 is 0. The van der Waals surface area contributed by atoms with Crippen molar-refractivity contribution in [2.45, 2.75) is 64.6 Å². The Balaban J connectivity index is 1.90. The second kappa shape index (κ2) is 6.23. The van der Waals surface area contributed by atoms with Crippen LogP contribution < -0.4 is 0 Å². The number of aromatic nitrogens is 2. The average Bonchev–Trinajstić information content (AvgIpc) is 2.81. The van der Waals surface area contributed by atoms with Crippen molar-refractivity contribution in [2.24, 2.45) is 5.92 Å². The maximum atomic E-state index is 14.7. The monoisotopic (exact) mass is 357 g/mol. The van der Waals surface area contributed by atoms with Crippen molar-refractivity contribution < 1.29 is 23.4 Å². The van der Waals surface area contributed by atoms with E-state index in [-0.39, 0.29) is 44.1 Å². The summed E-state index contributed by atoms with van der Waals surface area (Å²) in [5.41, 5.74) is 0.312. The van der Waals surface area contributed by atoms with Gasteiger partial charge in [0.1, 0.15) is 11.3 Å². The quantitative estimate of drug-likeness (QED) is 0.839. The highest BCUT2D eigenvalue weighted by Crippen LogP contribution is 2.41. The summed E-state index contributed by atoms with van der Waals surface area (Å²) in [5.74, 6) is -3.24. The van der Waals surface area contributed by atoms with Crippen LogP contribution in [0.15, 0.2) is 0 Å². The van der Waals surface area contributed by atoms with Gasteiger partial charge in [0.05, 0.1) is 12.2 Å². The van der Waals surface area contributed by atoms with Gasteiger partial charge in [0.2, 0.25) is 0 Å². The van der Waals surface area contributed by atoms with Crippen LogP contribution in [0, 0.1) is 5.92 Å². The number of carbonyl (C=O) groups excluding carboxylic acids is 1. The number of ether oxygens (including phenoxy) is 1. The van der Waals surface area contributed by atoms with Crippen LogP contribution in [-0.2, 0) is 30.2 Å². The Labute approximate surface area is 145 Å². The second-order valence-corrected chi connectivity index (χ2v) is 7.90. The third-order valence-corrected chi connectivity index (χ3v) is 4.66. The minimum Gasteiger partial charge on any atom is -0.444 e. The summed E-state index contributed by atoms with van der Waals surface area (Å²) in [6.07, 6.45) is -0.141. The molecule has 0 fully saturated rings. The first kappa shape index (κ1) is 18.1. The number of rotatable bonds is 1. The van der Waals surface area contributed by atoms with Crippen LogP contribution in [0.5, 0.6) is 0 Å². The largest absolute Gasteiger partial charge is 0.444 e. The van der Waals surface area contributed by atoms with Gasteiger partial charge in [-0.2, -0.15) is 13.9 Å². The molecule has 0 saturated carbocycles. The summed E-state index contributed by atoms with van der Waals surface area (Å²) in [6.45, 7) is 5.94. The number of halogens is 2. The fourth-order valence-corrected chi connectivity index (χ4v) is 3.44. The lowest BCUT2D eigenvalue weighted by Crippen LogP contribution is -2.40. The zero-order valence-electron chi connectivity index (χ0n) is 14.9. The van der Waals surface area contributed by atoms with Gasteiger partial charge < -0.3 is 14.7 Å². The highest BCUT2D eigenvalue weighted by Gasteiger charge is 2.44. The lowest BCUT2D eigenvalue weighted by atomic mass is 9.98. The number of alkyl halides is 2. The fraction of sp³-hybridized carbons (Fsp3) is 0.765. The van der Waals surface area contributed by atoms with E-state index in [1.807, 2.05) is 0 Å². The van der Waals surface area contributed by atoms with Crippen molar-refractivity contribution in [2.75, 3.05) is 13.2 Å². The Hall–Kier alpha value is -1.70. The topological polar surface area (TPSA) is 67.6 Å². The van der Waals surface area contributed by atoms with Gasteiger partial charge in [0.15, 0.2) is 0 Å². The minimum absolute atomic E-state index is 0.0823.